The molecule has 1 heterocycles. The summed E-state index contributed by atoms with van der Waals surface area (Å²) in [5.41, 5.74) is 1.95. The Labute approximate surface area is 118 Å². The molecule has 3 nitrogen and oxygen atoms in total. The number of aliphatic carboxylic acids is 1. The zero-order chi connectivity index (χ0) is 13.7. The summed E-state index contributed by atoms with van der Waals surface area (Å²) >= 11 is 6.07. The van der Waals surface area contributed by atoms with Crippen LogP contribution in [-0.4, -0.2) is 24.2 Å². The summed E-state index contributed by atoms with van der Waals surface area (Å²) in [6, 6.07) is 5.60. The monoisotopic (exact) mass is 279 g/mol. The van der Waals surface area contributed by atoms with Crippen molar-refractivity contribution in [2.24, 2.45) is 0 Å². The summed E-state index contributed by atoms with van der Waals surface area (Å²) in [7, 11) is 0. The molecule has 19 heavy (non-hydrogen) atoms. The quantitative estimate of drug-likeness (QED) is 0.855. The van der Waals surface area contributed by atoms with Gasteiger partial charge in [-0.3, -0.25) is 0 Å². The van der Waals surface area contributed by atoms with E-state index in [1.54, 1.807) is 12.1 Å². The van der Waals surface area contributed by atoms with Crippen molar-refractivity contribution < 1.29 is 9.90 Å². The summed E-state index contributed by atoms with van der Waals surface area (Å²) in [4.78, 5) is 13.0. The maximum Gasteiger partial charge on any atom is 0.328 e. The van der Waals surface area contributed by atoms with Crippen LogP contribution in [0.3, 0.4) is 0 Å². The lowest BCUT2D eigenvalue weighted by atomic mass is 10.1. The fraction of sp³-hybridized carbons (Fsp3) is 0.400. The molecule has 1 fully saturated rings. The van der Waals surface area contributed by atoms with Gasteiger partial charge in [-0.15, -0.1) is 0 Å². The topological polar surface area (TPSA) is 40.5 Å². The molecule has 0 saturated carbocycles. The summed E-state index contributed by atoms with van der Waals surface area (Å²) in [5, 5.41) is 9.44. The number of rotatable bonds is 3. The first-order chi connectivity index (χ1) is 9.16. The summed E-state index contributed by atoms with van der Waals surface area (Å²) in [6.07, 6.45) is 7.68. The average molecular weight is 280 g/mol. The predicted molar refractivity (Wildman–Crippen MR) is 78.8 cm³/mol. The van der Waals surface area contributed by atoms with E-state index < -0.39 is 5.97 Å². The molecular weight excluding hydrogens is 262 g/mol. The van der Waals surface area contributed by atoms with E-state index >= 15 is 0 Å². The minimum absolute atomic E-state index is 0.687. The van der Waals surface area contributed by atoms with Gasteiger partial charge in [-0.05, 0) is 36.6 Å². The fourth-order valence-electron chi connectivity index (χ4n) is 2.40. The number of nitrogens with zero attached hydrogens (tertiary/aromatic N) is 1. The van der Waals surface area contributed by atoms with Crippen molar-refractivity contribution >= 4 is 29.3 Å². The number of benzene rings is 1. The van der Waals surface area contributed by atoms with Gasteiger partial charge in [0.2, 0.25) is 0 Å². The van der Waals surface area contributed by atoms with Gasteiger partial charge >= 0.3 is 5.97 Å². The Bertz CT molecular complexity index is 477. The van der Waals surface area contributed by atoms with Crippen molar-refractivity contribution in [3.8, 4) is 0 Å². The second kappa shape index (κ2) is 6.62. The molecule has 1 saturated heterocycles. The molecule has 1 aromatic rings. The third-order valence-electron chi connectivity index (χ3n) is 3.34. The molecule has 0 atom stereocenters. The third kappa shape index (κ3) is 4.00. The highest BCUT2D eigenvalue weighted by molar-refractivity contribution is 6.31. The molecule has 0 unspecified atom stereocenters. The van der Waals surface area contributed by atoms with Crippen LogP contribution in [0.1, 0.15) is 31.2 Å². The van der Waals surface area contributed by atoms with Gasteiger partial charge in [0.1, 0.15) is 0 Å². The summed E-state index contributed by atoms with van der Waals surface area (Å²) in [5.74, 6) is -0.934. The van der Waals surface area contributed by atoms with E-state index in [1.165, 1.54) is 31.8 Å². The molecule has 4 heteroatoms. The Hall–Kier alpha value is -1.48. The molecule has 102 valence electrons. The van der Waals surface area contributed by atoms with Gasteiger partial charge in [-0.1, -0.05) is 30.5 Å². The minimum Gasteiger partial charge on any atom is -0.478 e. The lowest BCUT2D eigenvalue weighted by molar-refractivity contribution is -0.131. The molecule has 0 bridgehead atoms. The van der Waals surface area contributed by atoms with Gasteiger partial charge in [-0.2, -0.15) is 0 Å². The number of hydrogen-bond acceptors (Lipinski definition) is 2. The average Bonchev–Trinajstić information content (AvgIpc) is 2.65. The van der Waals surface area contributed by atoms with Crippen molar-refractivity contribution in [1.29, 1.82) is 0 Å². The molecule has 1 aliphatic heterocycles. The Morgan fingerprint density at radius 3 is 2.53 bits per heavy atom. The van der Waals surface area contributed by atoms with Crippen LogP contribution in [0, 0.1) is 0 Å². The predicted octanol–water partition coefficient (Wildman–Crippen LogP) is 3.82. The smallest absolute Gasteiger partial charge is 0.328 e. The molecule has 0 amide bonds. The van der Waals surface area contributed by atoms with E-state index in [1.807, 2.05) is 12.1 Å². The largest absolute Gasteiger partial charge is 0.478 e. The van der Waals surface area contributed by atoms with E-state index in [9.17, 15) is 4.79 Å². The molecule has 0 radical (unpaired) electrons. The Balaban J connectivity index is 2.30. The number of anilines is 1. The fourth-order valence-corrected chi connectivity index (χ4v) is 2.57. The van der Waals surface area contributed by atoms with Crippen molar-refractivity contribution in [2.45, 2.75) is 25.7 Å². The van der Waals surface area contributed by atoms with Crippen molar-refractivity contribution in [3.05, 3.63) is 34.9 Å². The van der Waals surface area contributed by atoms with Crippen molar-refractivity contribution in [1.82, 2.24) is 0 Å². The first kappa shape index (κ1) is 13.9. The van der Waals surface area contributed by atoms with E-state index in [2.05, 4.69) is 4.90 Å². The van der Waals surface area contributed by atoms with Crippen LogP contribution in [0.4, 0.5) is 5.69 Å². The van der Waals surface area contributed by atoms with Crippen LogP contribution in [0.15, 0.2) is 24.3 Å². The van der Waals surface area contributed by atoms with E-state index in [4.69, 9.17) is 16.7 Å². The van der Waals surface area contributed by atoms with Gasteiger partial charge in [0.25, 0.3) is 0 Å². The van der Waals surface area contributed by atoms with Crippen LogP contribution in [0.25, 0.3) is 6.08 Å². The van der Waals surface area contributed by atoms with Gasteiger partial charge in [0.05, 0.1) is 0 Å². The summed E-state index contributed by atoms with van der Waals surface area (Å²) < 4.78 is 0. The first-order valence-electron chi connectivity index (χ1n) is 6.62. The van der Waals surface area contributed by atoms with Crippen molar-refractivity contribution in [3.63, 3.8) is 0 Å². The van der Waals surface area contributed by atoms with E-state index in [-0.39, 0.29) is 0 Å². The molecule has 1 aliphatic rings. The molecule has 0 spiro atoms. The van der Waals surface area contributed by atoms with Gasteiger partial charge in [-0.25, -0.2) is 4.79 Å². The Morgan fingerprint density at radius 1 is 1.21 bits per heavy atom. The maximum absolute atomic E-state index is 10.7. The third-order valence-corrected chi connectivity index (χ3v) is 3.58. The van der Waals surface area contributed by atoms with Crippen LogP contribution >= 0.6 is 11.6 Å². The highest BCUT2D eigenvalue weighted by Crippen LogP contribution is 2.28. The molecule has 1 N–H and O–H groups in total. The molecule has 1 aromatic carbocycles. The number of halogens is 1. The normalized spacial score (nSPS) is 16.6. The maximum atomic E-state index is 10.7. The SMILES string of the molecule is O=C(O)/C=C/c1ccc(Cl)cc1N1CCCCCC1. The lowest BCUT2D eigenvalue weighted by Crippen LogP contribution is -2.24. The van der Waals surface area contributed by atoms with Crippen LogP contribution in [-0.2, 0) is 4.79 Å². The Kier molecular flexibility index (Phi) is 4.86. The number of carbonyl (C=O) groups is 1. The highest BCUT2D eigenvalue weighted by atomic mass is 35.5. The molecule has 0 aliphatic carbocycles. The van der Waals surface area contributed by atoms with Crippen LogP contribution in [0.2, 0.25) is 5.02 Å². The molecule has 2 rings (SSSR count). The zero-order valence-electron chi connectivity index (χ0n) is 10.8. The second-order valence-electron chi connectivity index (χ2n) is 4.78. The first-order valence-corrected chi connectivity index (χ1v) is 7.00. The zero-order valence-corrected chi connectivity index (χ0v) is 11.6. The standard InChI is InChI=1S/C15H18ClNO2/c16-13-7-5-12(6-8-15(18)19)14(11-13)17-9-3-1-2-4-10-17/h5-8,11H,1-4,9-10H2,(H,18,19)/b8-6+. The van der Waals surface area contributed by atoms with Gasteiger partial charge < -0.3 is 10.0 Å². The number of carboxylic acid groups (broad SMARTS) is 1. The molecular formula is C15H18ClNO2. The van der Waals surface area contributed by atoms with E-state index in [0.29, 0.717) is 5.02 Å². The lowest BCUT2D eigenvalue weighted by Gasteiger charge is -2.24. The number of hydrogen-bond donors (Lipinski definition) is 1. The van der Waals surface area contributed by atoms with Gasteiger partial charge in [0.15, 0.2) is 0 Å². The second-order valence-corrected chi connectivity index (χ2v) is 5.21. The van der Waals surface area contributed by atoms with Gasteiger partial charge in [0, 0.05) is 29.9 Å². The molecule has 0 aromatic heterocycles. The van der Waals surface area contributed by atoms with Crippen molar-refractivity contribution in [2.75, 3.05) is 18.0 Å². The minimum atomic E-state index is -0.934. The highest BCUT2D eigenvalue weighted by Gasteiger charge is 2.13. The van der Waals surface area contributed by atoms with Crippen LogP contribution < -0.4 is 4.90 Å². The summed E-state index contributed by atoms with van der Waals surface area (Å²) in [6.45, 7) is 2.02. The van der Waals surface area contributed by atoms with E-state index in [0.717, 1.165) is 24.3 Å². The Morgan fingerprint density at radius 2 is 1.89 bits per heavy atom. The van der Waals surface area contributed by atoms with Crippen LogP contribution in [0.5, 0.6) is 0 Å². The number of carboxylic acids is 1.